The van der Waals surface area contributed by atoms with Crippen molar-refractivity contribution in [2.75, 3.05) is 0 Å². The molecule has 0 aliphatic carbocycles. The number of aromatic nitrogens is 3. The molecule has 0 amide bonds. The van der Waals surface area contributed by atoms with Crippen LogP contribution in [0, 0.1) is 28.4 Å². The highest BCUT2D eigenvalue weighted by atomic mass is 16.6. The number of nitrogens with zero attached hydrogens (tertiary/aromatic N) is 5. The predicted molar refractivity (Wildman–Crippen MR) is 62.8 cm³/mol. The van der Waals surface area contributed by atoms with E-state index in [9.17, 15) is 10.1 Å². The van der Waals surface area contributed by atoms with Gasteiger partial charge in [0.25, 0.3) is 5.69 Å². The average Bonchev–Trinajstić information content (AvgIpc) is 2.84. The van der Waals surface area contributed by atoms with Crippen LogP contribution in [0.5, 0.6) is 0 Å². The standard InChI is InChI=1S/C11H11N5O2/c1-8-10(5-12)15(7-11(8)16(17)18)6-9-3-4-14(2)13-9/h3-4,7H,6H2,1-2H3. The second-order valence-corrected chi connectivity index (χ2v) is 3.97. The van der Waals surface area contributed by atoms with Crippen LogP contribution < -0.4 is 0 Å². The Labute approximate surface area is 103 Å². The van der Waals surface area contributed by atoms with Crippen LogP contribution in [0.25, 0.3) is 0 Å². The second kappa shape index (κ2) is 4.33. The smallest absolute Gasteiger partial charge is 0.291 e. The van der Waals surface area contributed by atoms with Crippen LogP contribution in [0.1, 0.15) is 17.0 Å². The molecule has 2 aromatic heterocycles. The highest BCUT2D eigenvalue weighted by Crippen LogP contribution is 2.23. The normalized spacial score (nSPS) is 10.3. The van der Waals surface area contributed by atoms with Crippen LogP contribution in [-0.4, -0.2) is 19.3 Å². The van der Waals surface area contributed by atoms with Gasteiger partial charge in [0.2, 0.25) is 0 Å². The minimum Gasteiger partial charge on any atom is -0.327 e. The molecule has 0 fully saturated rings. The second-order valence-electron chi connectivity index (χ2n) is 3.97. The van der Waals surface area contributed by atoms with Crippen molar-refractivity contribution in [3.63, 3.8) is 0 Å². The minimum atomic E-state index is -0.481. The molecule has 7 heteroatoms. The molecule has 92 valence electrons. The van der Waals surface area contributed by atoms with Crippen molar-refractivity contribution in [1.29, 1.82) is 5.26 Å². The summed E-state index contributed by atoms with van der Waals surface area (Å²) in [5.74, 6) is 0. The van der Waals surface area contributed by atoms with Gasteiger partial charge in [-0.2, -0.15) is 10.4 Å². The molecule has 2 rings (SSSR count). The van der Waals surface area contributed by atoms with E-state index in [0.29, 0.717) is 17.8 Å². The van der Waals surface area contributed by atoms with Gasteiger partial charge in [0, 0.05) is 13.2 Å². The largest absolute Gasteiger partial charge is 0.327 e. The lowest BCUT2D eigenvalue weighted by molar-refractivity contribution is -0.385. The summed E-state index contributed by atoms with van der Waals surface area (Å²) < 4.78 is 3.20. The Balaban J connectivity index is 2.42. The maximum absolute atomic E-state index is 10.8. The zero-order valence-corrected chi connectivity index (χ0v) is 9.99. The van der Waals surface area contributed by atoms with Crippen molar-refractivity contribution in [2.24, 2.45) is 7.05 Å². The number of aryl methyl sites for hydroxylation is 1. The zero-order valence-electron chi connectivity index (χ0n) is 9.99. The van der Waals surface area contributed by atoms with Crippen molar-refractivity contribution in [3.8, 4) is 6.07 Å². The molecule has 0 unspecified atom stereocenters. The van der Waals surface area contributed by atoms with Gasteiger partial charge in [-0.05, 0) is 13.0 Å². The van der Waals surface area contributed by atoms with E-state index >= 15 is 0 Å². The Morgan fingerprint density at radius 3 is 2.83 bits per heavy atom. The molecule has 0 bridgehead atoms. The van der Waals surface area contributed by atoms with Gasteiger partial charge >= 0.3 is 0 Å². The van der Waals surface area contributed by atoms with E-state index in [-0.39, 0.29) is 5.69 Å². The third kappa shape index (κ3) is 1.96. The van der Waals surface area contributed by atoms with Gasteiger partial charge in [-0.15, -0.1) is 0 Å². The Bertz CT molecular complexity index is 647. The van der Waals surface area contributed by atoms with Gasteiger partial charge in [-0.1, -0.05) is 0 Å². The molecular weight excluding hydrogens is 234 g/mol. The summed E-state index contributed by atoms with van der Waals surface area (Å²) in [6.45, 7) is 1.92. The molecule has 0 atom stereocenters. The molecule has 2 aromatic rings. The first-order chi connectivity index (χ1) is 8.52. The number of hydrogen-bond acceptors (Lipinski definition) is 4. The summed E-state index contributed by atoms with van der Waals surface area (Å²) in [6.07, 6.45) is 3.16. The third-order valence-corrected chi connectivity index (χ3v) is 2.71. The topological polar surface area (TPSA) is 89.7 Å². The van der Waals surface area contributed by atoms with E-state index in [2.05, 4.69) is 5.10 Å². The predicted octanol–water partition coefficient (Wildman–Crippen LogP) is 1.36. The fraction of sp³-hybridized carbons (Fsp3) is 0.273. The number of nitriles is 1. The Hall–Kier alpha value is -2.62. The zero-order chi connectivity index (χ0) is 13.3. The van der Waals surface area contributed by atoms with E-state index < -0.39 is 4.92 Å². The SMILES string of the molecule is Cc1c([N+](=O)[O-])cn(Cc2ccn(C)n2)c1C#N. The molecule has 0 aromatic carbocycles. The summed E-state index contributed by atoms with van der Waals surface area (Å²) in [7, 11) is 1.79. The van der Waals surface area contributed by atoms with E-state index in [1.165, 1.54) is 6.20 Å². The minimum absolute atomic E-state index is 0.0394. The quantitative estimate of drug-likeness (QED) is 0.603. The maximum atomic E-state index is 10.8. The van der Waals surface area contributed by atoms with Gasteiger partial charge in [0.1, 0.15) is 11.8 Å². The first-order valence-electron chi connectivity index (χ1n) is 5.25. The lowest BCUT2D eigenvalue weighted by Gasteiger charge is -2.00. The first kappa shape index (κ1) is 11.9. The molecule has 0 radical (unpaired) electrons. The average molecular weight is 245 g/mol. The summed E-state index contributed by atoms with van der Waals surface area (Å²) in [6, 6.07) is 3.80. The van der Waals surface area contributed by atoms with Gasteiger partial charge < -0.3 is 4.57 Å². The molecule has 7 nitrogen and oxygen atoms in total. The van der Waals surface area contributed by atoms with Crippen molar-refractivity contribution >= 4 is 5.69 Å². The van der Waals surface area contributed by atoms with Crippen molar-refractivity contribution < 1.29 is 4.92 Å². The van der Waals surface area contributed by atoms with Gasteiger partial charge in [0.05, 0.1) is 28.9 Å². The Morgan fingerprint density at radius 1 is 1.61 bits per heavy atom. The molecule has 0 spiro atoms. The highest BCUT2D eigenvalue weighted by Gasteiger charge is 2.20. The van der Waals surface area contributed by atoms with Gasteiger partial charge in [-0.25, -0.2) is 0 Å². The first-order valence-corrected chi connectivity index (χ1v) is 5.25. The number of hydrogen-bond donors (Lipinski definition) is 0. The van der Waals surface area contributed by atoms with E-state index in [0.717, 1.165) is 5.69 Å². The molecule has 2 heterocycles. The lowest BCUT2D eigenvalue weighted by Crippen LogP contribution is -2.02. The monoisotopic (exact) mass is 245 g/mol. The van der Waals surface area contributed by atoms with Gasteiger partial charge in [-0.3, -0.25) is 14.8 Å². The van der Waals surface area contributed by atoms with Crippen molar-refractivity contribution in [1.82, 2.24) is 14.3 Å². The van der Waals surface area contributed by atoms with E-state index in [1.54, 1.807) is 29.4 Å². The summed E-state index contributed by atoms with van der Waals surface area (Å²) >= 11 is 0. The lowest BCUT2D eigenvalue weighted by atomic mass is 10.2. The van der Waals surface area contributed by atoms with Crippen molar-refractivity contribution in [3.05, 3.63) is 45.5 Å². The molecule has 0 aliphatic rings. The maximum Gasteiger partial charge on any atom is 0.291 e. The summed E-state index contributed by atoms with van der Waals surface area (Å²) in [4.78, 5) is 10.3. The molecule has 0 N–H and O–H groups in total. The molecule has 0 saturated carbocycles. The van der Waals surface area contributed by atoms with Crippen molar-refractivity contribution in [2.45, 2.75) is 13.5 Å². The van der Waals surface area contributed by atoms with Crippen LogP contribution in [0.15, 0.2) is 18.5 Å². The van der Waals surface area contributed by atoms with Crippen LogP contribution in [0.3, 0.4) is 0 Å². The number of rotatable bonds is 3. The molecule has 0 aliphatic heterocycles. The molecular formula is C11H11N5O2. The van der Waals surface area contributed by atoms with Crippen LogP contribution in [-0.2, 0) is 13.6 Å². The van der Waals surface area contributed by atoms with E-state index in [4.69, 9.17) is 5.26 Å². The van der Waals surface area contributed by atoms with Crippen LogP contribution in [0.2, 0.25) is 0 Å². The van der Waals surface area contributed by atoms with Gasteiger partial charge in [0.15, 0.2) is 0 Å². The van der Waals surface area contributed by atoms with E-state index in [1.807, 2.05) is 12.1 Å². The summed E-state index contributed by atoms with van der Waals surface area (Å²) in [5.41, 5.74) is 1.40. The highest BCUT2D eigenvalue weighted by molar-refractivity contribution is 5.48. The van der Waals surface area contributed by atoms with Crippen LogP contribution in [0.4, 0.5) is 5.69 Å². The Kier molecular flexibility index (Phi) is 2.85. The van der Waals surface area contributed by atoms with Crippen LogP contribution >= 0.6 is 0 Å². The fourth-order valence-electron chi connectivity index (χ4n) is 1.82. The Morgan fingerprint density at radius 2 is 2.33 bits per heavy atom. The fourth-order valence-corrected chi connectivity index (χ4v) is 1.82. The third-order valence-electron chi connectivity index (χ3n) is 2.71. The molecule has 0 saturated heterocycles. The number of nitro groups is 1. The summed E-state index contributed by atoms with van der Waals surface area (Å²) in [5, 5.41) is 24.1. The molecule has 18 heavy (non-hydrogen) atoms.